The van der Waals surface area contributed by atoms with Gasteiger partial charge in [-0.1, -0.05) is 26.7 Å². The summed E-state index contributed by atoms with van der Waals surface area (Å²) in [7, 11) is 0. The molecule has 0 N–H and O–H groups in total. The van der Waals surface area contributed by atoms with Gasteiger partial charge in [-0.25, -0.2) is 0 Å². The van der Waals surface area contributed by atoms with Crippen molar-refractivity contribution in [3.8, 4) is 0 Å². The number of carbonyl (C=O) groups excluding carboxylic acids is 1. The van der Waals surface area contributed by atoms with Crippen molar-refractivity contribution >= 4 is 5.78 Å². The third kappa shape index (κ3) is 1.92. The maximum Gasteiger partial charge on any atom is 0.144 e. The molecule has 0 saturated heterocycles. The van der Waals surface area contributed by atoms with Gasteiger partial charge >= 0.3 is 0 Å². The minimum atomic E-state index is -0.126. The summed E-state index contributed by atoms with van der Waals surface area (Å²) < 4.78 is 6.01. The second-order valence-corrected chi connectivity index (χ2v) is 5.46. The fourth-order valence-electron chi connectivity index (χ4n) is 3.36. The van der Waals surface area contributed by atoms with Crippen LogP contribution in [0, 0.1) is 11.3 Å². The molecule has 92 valence electrons. The first kappa shape index (κ1) is 12.1. The number of hydrogen-bond donors (Lipinski definition) is 0. The standard InChI is InChI=1S/C14H24O2/c1-3-14(4-2)12(15)9-13(14)16-10-11-7-5-6-8-11/h11,13H,3-10H2,1-2H3. The molecule has 1 unspecified atom stereocenters. The van der Waals surface area contributed by atoms with Gasteiger partial charge < -0.3 is 4.74 Å². The van der Waals surface area contributed by atoms with Gasteiger partial charge in [0.15, 0.2) is 0 Å². The summed E-state index contributed by atoms with van der Waals surface area (Å²) >= 11 is 0. The SMILES string of the molecule is CCC1(CC)C(=O)CC1OCC1CCCC1. The lowest BCUT2D eigenvalue weighted by molar-refractivity contribution is -0.166. The molecule has 0 aliphatic heterocycles. The quantitative estimate of drug-likeness (QED) is 0.716. The molecule has 2 fully saturated rings. The highest BCUT2D eigenvalue weighted by atomic mass is 16.5. The number of carbonyl (C=O) groups is 1. The molecule has 0 amide bonds. The van der Waals surface area contributed by atoms with Crippen molar-refractivity contribution in [2.45, 2.75) is 64.9 Å². The smallest absolute Gasteiger partial charge is 0.144 e. The van der Waals surface area contributed by atoms with Crippen LogP contribution in [0.1, 0.15) is 58.8 Å². The van der Waals surface area contributed by atoms with Gasteiger partial charge in [0.2, 0.25) is 0 Å². The van der Waals surface area contributed by atoms with Crippen LogP contribution in [0.5, 0.6) is 0 Å². The van der Waals surface area contributed by atoms with Crippen LogP contribution in [0.4, 0.5) is 0 Å². The average molecular weight is 224 g/mol. The molecule has 2 saturated carbocycles. The van der Waals surface area contributed by atoms with Crippen molar-refractivity contribution in [2.24, 2.45) is 11.3 Å². The van der Waals surface area contributed by atoms with E-state index >= 15 is 0 Å². The average Bonchev–Trinajstić information content (AvgIpc) is 2.78. The zero-order chi connectivity index (χ0) is 11.6. The Labute approximate surface area is 98.7 Å². The van der Waals surface area contributed by atoms with Crippen LogP contribution in [0.15, 0.2) is 0 Å². The van der Waals surface area contributed by atoms with Gasteiger partial charge in [0.1, 0.15) is 5.78 Å². The molecule has 0 bridgehead atoms. The zero-order valence-corrected chi connectivity index (χ0v) is 10.6. The predicted octanol–water partition coefficient (Wildman–Crippen LogP) is 3.34. The molecule has 0 radical (unpaired) electrons. The van der Waals surface area contributed by atoms with Crippen molar-refractivity contribution in [2.75, 3.05) is 6.61 Å². The molecular weight excluding hydrogens is 200 g/mol. The monoisotopic (exact) mass is 224 g/mol. The zero-order valence-electron chi connectivity index (χ0n) is 10.6. The molecule has 0 aromatic rings. The topological polar surface area (TPSA) is 26.3 Å². The van der Waals surface area contributed by atoms with Gasteiger partial charge in [-0.15, -0.1) is 0 Å². The summed E-state index contributed by atoms with van der Waals surface area (Å²) in [5.74, 6) is 1.19. The molecule has 2 nitrogen and oxygen atoms in total. The summed E-state index contributed by atoms with van der Waals surface area (Å²) in [6.45, 7) is 5.12. The Hall–Kier alpha value is -0.370. The first-order valence-electron chi connectivity index (χ1n) is 6.88. The summed E-state index contributed by atoms with van der Waals surface area (Å²) in [5.41, 5.74) is -0.126. The lowest BCUT2D eigenvalue weighted by Gasteiger charge is -2.46. The van der Waals surface area contributed by atoms with Crippen molar-refractivity contribution in [1.29, 1.82) is 0 Å². The summed E-state index contributed by atoms with van der Waals surface area (Å²) in [5, 5.41) is 0. The Morgan fingerprint density at radius 3 is 2.38 bits per heavy atom. The van der Waals surface area contributed by atoms with Gasteiger partial charge in [-0.05, 0) is 31.6 Å². The Morgan fingerprint density at radius 2 is 1.88 bits per heavy atom. The lowest BCUT2D eigenvalue weighted by Crippen LogP contribution is -2.54. The van der Waals surface area contributed by atoms with E-state index in [1.54, 1.807) is 0 Å². The van der Waals surface area contributed by atoms with E-state index in [2.05, 4.69) is 13.8 Å². The third-order valence-corrected chi connectivity index (χ3v) is 4.81. The lowest BCUT2D eigenvalue weighted by atomic mass is 9.61. The fourth-order valence-corrected chi connectivity index (χ4v) is 3.36. The molecule has 0 heterocycles. The van der Waals surface area contributed by atoms with Crippen LogP contribution in [0.3, 0.4) is 0 Å². The van der Waals surface area contributed by atoms with E-state index in [1.807, 2.05) is 0 Å². The van der Waals surface area contributed by atoms with Gasteiger partial charge in [0, 0.05) is 13.0 Å². The third-order valence-electron chi connectivity index (χ3n) is 4.81. The highest BCUT2D eigenvalue weighted by Gasteiger charge is 2.52. The summed E-state index contributed by atoms with van der Waals surface area (Å²) in [6, 6.07) is 0. The van der Waals surface area contributed by atoms with E-state index in [0.717, 1.165) is 25.4 Å². The van der Waals surface area contributed by atoms with Crippen LogP contribution < -0.4 is 0 Å². The van der Waals surface area contributed by atoms with E-state index in [-0.39, 0.29) is 11.5 Å². The predicted molar refractivity (Wildman–Crippen MR) is 64.3 cm³/mol. The summed E-state index contributed by atoms with van der Waals surface area (Å²) in [4.78, 5) is 11.7. The van der Waals surface area contributed by atoms with Crippen molar-refractivity contribution < 1.29 is 9.53 Å². The van der Waals surface area contributed by atoms with Crippen molar-refractivity contribution in [3.05, 3.63) is 0 Å². The molecule has 16 heavy (non-hydrogen) atoms. The number of hydrogen-bond acceptors (Lipinski definition) is 2. The number of rotatable bonds is 5. The number of ketones is 1. The molecule has 0 aromatic carbocycles. The normalized spacial score (nSPS) is 29.4. The van der Waals surface area contributed by atoms with Gasteiger partial charge in [-0.3, -0.25) is 4.79 Å². The van der Waals surface area contributed by atoms with Crippen LogP contribution in [-0.4, -0.2) is 18.5 Å². The Balaban J connectivity index is 1.83. The largest absolute Gasteiger partial charge is 0.376 e. The number of Topliss-reactive ketones (excluding diaryl/α,β-unsaturated/α-hetero) is 1. The molecule has 2 heteroatoms. The van der Waals surface area contributed by atoms with Crippen LogP contribution in [-0.2, 0) is 9.53 Å². The minimum Gasteiger partial charge on any atom is -0.376 e. The van der Waals surface area contributed by atoms with Crippen LogP contribution in [0.2, 0.25) is 0 Å². The molecule has 0 spiro atoms. The first-order valence-corrected chi connectivity index (χ1v) is 6.88. The van der Waals surface area contributed by atoms with Crippen molar-refractivity contribution in [1.82, 2.24) is 0 Å². The molecule has 2 aliphatic rings. The maximum absolute atomic E-state index is 11.7. The second kappa shape index (κ2) is 4.87. The second-order valence-electron chi connectivity index (χ2n) is 5.46. The van der Waals surface area contributed by atoms with Gasteiger partial charge in [-0.2, -0.15) is 0 Å². The van der Waals surface area contributed by atoms with Gasteiger partial charge in [0.25, 0.3) is 0 Å². The van der Waals surface area contributed by atoms with Crippen molar-refractivity contribution in [3.63, 3.8) is 0 Å². The van der Waals surface area contributed by atoms with E-state index in [9.17, 15) is 4.79 Å². The van der Waals surface area contributed by atoms with Crippen LogP contribution >= 0.6 is 0 Å². The maximum atomic E-state index is 11.7. The van der Waals surface area contributed by atoms with E-state index in [0.29, 0.717) is 12.2 Å². The first-order chi connectivity index (χ1) is 7.73. The Bertz CT molecular complexity index is 249. The minimum absolute atomic E-state index is 0.126. The highest BCUT2D eigenvalue weighted by molar-refractivity contribution is 5.92. The molecule has 1 atom stereocenters. The van der Waals surface area contributed by atoms with Gasteiger partial charge in [0.05, 0.1) is 11.5 Å². The van der Waals surface area contributed by atoms with E-state index in [1.165, 1.54) is 25.7 Å². The molecule has 2 rings (SSSR count). The fraction of sp³-hybridized carbons (Fsp3) is 0.929. The molecule has 2 aliphatic carbocycles. The molecular formula is C14H24O2. The number of ether oxygens (including phenoxy) is 1. The molecule has 0 aromatic heterocycles. The highest BCUT2D eigenvalue weighted by Crippen LogP contribution is 2.45. The Kier molecular flexibility index (Phi) is 3.68. The summed E-state index contributed by atoms with van der Waals surface area (Å²) in [6.07, 6.45) is 8.14. The van der Waals surface area contributed by atoms with E-state index in [4.69, 9.17) is 4.74 Å². The van der Waals surface area contributed by atoms with Crippen LogP contribution in [0.25, 0.3) is 0 Å². The Morgan fingerprint density at radius 1 is 1.25 bits per heavy atom. The van der Waals surface area contributed by atoms with E-state index < -0.39 is 0 Å².